The van der Waals surface area contributed by atoms with Gasteiger partial charge in [0.05, 0.1) is 5.69 Å². The normalized spacial score (nSPS) is 14.2. The van der Waals surface area contributed by atoms with Crippen LogP contribution in [0.4, 0.5) is 11.5 Å². The summed E-state index contributed by atoms with van der Waals surface area (Å²) in [6, 6.07) is 3.42. The number of aromatic nitrogens is 1. The molecule has 0 aliphatic heterocycles. The van der Waals surface area contributed by atoms with Gasteiger partial charge in [-0.3, -0.25) is 0 Å². The summed E-state index contributed by atoms with van der Waals surface area (Å²) in [5, 5.41) is 13.7. The minimum atomic E-state index is -0.498. The van der Waals surface area contributed by atoms with E-state index in [4.69, 9.17) is 0 Å². The maximum absolute atomic E-state index is 10.4. The minimum absolute atomic E-state index is 0.123. The molecule has 16 heavy (non-hydrogen) atoms. The zero-order chi connectivity index (χ0) is 12.1. The van der Waals surface area contributed by atoms with Crippen molar-refractivity contribution >= 4 is 11.5 Å². The molecule has 1 heterocycles. The van der Waals surface area contributed by atoms with Gasteiger partial charge in [0.2, 0.25) is 0 Å². The highest BCUT2D eigenvalue weighted by molar-refractivity contribution is 5.44. The van der Waals surface area contributed by atoms with Crippen LogP contribution >= 0.6 is 0 Å². The second-order valence-electron chi connectivity index (χ2n) is 3.98. The van der Waals surface area contributed by atoms with Gasteiger partial charge in [-0.05, 0) is 28.8 Å². The Hall–Kier alpha value is -1.65. The van der Waals surface area contributed by atoms with Gasteiger partial charge in [0.25, 0.3) is 0 Å². The lowest BCUT2D eigenvalue weighted by atomic mass is 10.0. The zero-order valence-corrected chi connectivity index (χ0v) is 9.80. The van der Waals surface area contributed by atoms with E-state index >= 15 is 0 Å². The Kier molecular flexibility index (Phi) is 4.22. The van der Waals surface area contributed by atoms with Crippen molar-refractivity contribution in [2.45, 2.75) is 33.2 Å². The average molecular weight is 223 g/mol. The van der Waals surface area contributed by atoms with Crippen LogP contribution in [0.3, 0.4) is 0 Å². The van der Waals surface area contributed by atoms with Gasteiger partial charge in [-0.25, -0.2) is 0 Å². The second kappa shape index (κ2) is 5.44. The maximum atomic E-state index is 10.4. The molecule has 1 rings (SSSR count). The average Bonchev–Trinajstić information content (AvgIpc) is 2.28. The number of nitrogens with one attached hydrogen (secondary N) is 1. The molecule has 0 amide bonds. The fraction of sp³-hybridized carbons (Fsp3) is 0.545. The van der Waals surface area contributed by atoms with Crippen molar-refractivity contribution in [2.24, 2.45) is 5.92 Å². The number of anilines is 1. The third-order valence-corrected chi connectivity index (χ3v) is 2.83. The molecule has 0 aliphatic carbocycles. The van der Waals surface area contributed by atoms with E-state index in [1.165, 1.54) is 12.3 Å². The first-order chi connectivity index (χ1) is 7.54. The molecule has 5 heteroatoms. The number of hydrogen-bond acceptors (Lipinski definition) is 4. The fourth-order valence-electron chi connectivity index (χ4n) is 1.34. The van der Waals surface area contributed by atoms with Crippen molar-refractivity contribution in [3.8, 4) is 0 Å². The van der Waals surface area contributed by atoms with Gasteiger partial charge < -0.3 is 15.4 Å². The molecule has 88 valence electrons. The smallest absolute Gasteiger partial charge is 0.363 e. The summed E-state index contributed by atoms with van der Waals surface area (Å²) in [5.41, 5.74) is 0.818. The van der Waals surface area contributed by atoms with E-state index in [1.807, 2.05) is 0 Å². The number of nitrogens with zero attached hydrogens (tertiary/aromatic N) is 2. The molecule has 1 N–H and O–H groups in total. The van der Waals surface area contributed by atoms with E-state index in [0.29, 0.717) is 12.0 Å². The predicted octanol–water partition coefficient (Wildman–Crippen LogP) is 2.84. The van der Waals surface area contributed by atoms with Crippen molar-refractivity contribution in [3.05, 3.63) is 28.4 Å². The van der Waals surface area contributed by atoms with Crippen molar-refractivity contribution in [2.75, 3.05) is 5.32 Å². The Morgan fingerprint density at radius 2 is 2.19 bits per heavy atom. The van der Waals surface area contributed by atoms with Crippen LogP contribution in [0.2, 0.25) is 0 Å². The Morgan fingerprint density at radius 3 is 2.62 bits per heavy atom. The Balaban J connectivity index is 2.65. The molecule has 0 fully saturated rings. The van der Waals surface area contributed by atoms with E-state index < -0.39 is 4.92 Å². The number of hydrogen-bond donors (Lipinski definition) is 1. The Morgan fingerprint density at radius 1 is 1.50 bits per heavy atom. The van der Waals surface area contributed by atoms with Crippen LogP contribution < -0.4 is 5.32 Å². The molecule has 0 aliphatic rings. The Bertz CT molecular complexity index is 351. The molecule has 0 saturated heterocycles. The molecule has 2 atom stereocenters. The number of nitro groups is 1. The summed E-state index contributed by atoms with van der Waals surface area (Å²) in [6.45, 7) is 6.39. The summed E-state index contributed by atoms with van der Waals surface area (Å²) in [5.74, 6) is 0.428. The maximum Gasteiger partial charge on any atom is 0.363 e. The predicted molar refractivity (Wildman–Crippen MR) is 63.4 cm³/mol. The monoisotopic (exact) mass is 223 g/mol. The van der Waals surface area contributed by atoms with E-state index in [-0.39, 0.29) is 5.82 Å². The van der Waals surface area contributed by atoms with E-state index in [0.717, 1.165) is 12.1 Å². The highest BCUT2D eigenvalue weighted by atomic mass is 16.6. The Labute approximate surface area is 95.0 Å². The fourth-order valence-corrected chi connectivity index (χ4v) is 1.34. The van der Waals surface area contributed by atoms with Crippen LogP contribution in [0.25, 0.3) is 0 Å². The lowest BCUT2D eigenvalue weighted by Crippen LogP contribution is -2.23. The second-order valence-corrected chi connectivity index (χ2v) is 3.98. The van der Waals surface area contributed by atoms with Crippen molar-refractivity contribution < 1.29 is 4.92 Å². The first-order valence-electron chi connectivity index (χ1n) is 5.41. The van der Waals surface area contributed by atoms with E-state index in [1.54, 1.807) is 6.07 Å². The van der Waals surface area contributed by atoms with Gasteiger partial charge in [0, 0.05) is 12.1 Å². The van der Waals surface area contributed by atoms with Gasteiger partial charge in [0.1, 0.15) is 0 Å². The molecule has 0 radical (unpaired) electrons. The molecule has 1 aromatic rings. The molecule has 5 nitrogen and oxygen atoms in total. The summed E-state index contributed by atoms with van der Waals surface area (Å²) < 4.78 is 0. The summed E-state index contributed by atoms with van der Waals surface area (Å²) >= 11 is 0. The van der Waals surface area contributed by atoms with Gasteiger partial charge >= 0.3 is 5.82 Å². The van der Waals surface area contributed by atoms with Crippen molar-refractivity contribution in [1.82, 2.24) is 4.98 Å². The third-order valence-electron chi connectivity index (χ3n) is 2.83. The van der Waals surface area contributed by atoms with Gasteiger partial charge in [-0.15, -0.1) is 0 Å². The molecule has 0 spiro atoms. The highest BCUT2D eigenvalue weighted by Crippen LogP contribution is 2.16. The minimum Gasteiger partial charge on any atom is -0.379 e. The SMILES string of the molecule is CCC(C)C(C)Nc1ccc([N+](=O)[O-])nc1. The molecule has 0 bridgehead atoms. The molecule has 1 aromatic heterocycles. The van der Waals surface area contributed by atoms with Crippen LogP contribution in [0.5, 0.6) is 0 Å². The number of pyridine rings is 1. The van der Waals surface area contributed by atoms with Crippen LogP contribution in [-0.2, 0) is 0 Å². The summed E-state index contributed by atoms with van der Waals surface area (Å²) in [4.78, 5) is 13.7. The zero-order valence-electron chi connectivity index (χ0n) is 9.80. The summed E-state index contributed by atoms with van der Waals surface area (Å²) in [7, 11) is 0. The lowest BCUT2D eigenvalue weighted by Gasteiger charge is -2.20. The first kappa shape index (κ1) is 12.4. The van der Waals surface area contributed by atoms with Gasteiger partial charge in [-0.1, -0.05) is 20.3 Å². The molecular weight excluding hydrogens is 206 g/mol. The molecule has 0 aromatic carbocycles. The number of rotatable bonds is 5. The van der Waals surface area contributed by atoms with Gasteiger partial charge in [0.15, 0.2) is 6.20 Å². The molecule has 2 unspecified atom stereocenters. The van der Waals surface area contributed by atoms with Crippen LogP contribution in [0, 0.1) is 16.0 Å². The van der Waals surface area contributed by atoms with E-state index in [9.17, 15) is 10.1 Å². The topological polar surface area (TPSA) is 68.1 Å². The highest BCUT2D eigenvalue weighted by Gasteiger charge is 2.11. The van der Waals surface area contributed by atoms with Gasteiger partial charge in [-0.2, -0.15) is 0 Å². The van der Waals surface area contributed by atoms with Crippen molar-refractivity contribution in [1.29, 1.82) is 0 Å². The van der Waals surface area contributed by atoms with Crippen LogP contribution in [0.1, 0.15) is 27.2 Å². The largest absolute Gasteiger partial charge is 0.379 e. The van der Waals surface area contributed by atoms with Crippen LogP contribution in [0.15, 0.2) is 18.3 Å². The summed E-state index contributed by atoms with van der Waals surface area (Å²) in [6.07, 6.45) is 2.59. The molecule has 0 saturated carbocycles. The van der Waals surface area contributed by atoms with Crippen molar-refractivity contribution in [3.63, 3.8) is 0 Å². The van der Waals surface area contributed by atoms with E-state index in [2.05, 4.69) is 31.1 Å². The molecular formula is C11H17N3O2. The first-order valence-corrected chi connectivity index (χ1v) is 5.41. The van der Waals surface area contributed by atoms with Crippen LogP contribution in [-0.4, -0.2) is 15.9 Å². The quantitative estimate of drug-likeness (QED) is 0.615. The third kappa shape index (κ3) is 3.18. The lowest BCUT2D eigenvalue weighted by molar-refractivity contribution is -0.389. The standard InChI is InChI=1S/C11H17N3O2/c1-4-8(2)9(3)13-10-5-6-11(12-7-10)14(15)16/h5-9,13H,4H2,1-3H3.